The van der Waals surface area contributed by atoms with E-state index in [1.54, 1.807) is 6.20 Å². The van der Waals surface area contributed by atoms with Gasteiger partial charge in [0.05, 0.1) is 5.52 Å². The summed E-state index contributed by atoms with van der Waals surface area (Å²) in [6.07, 6.45) is 3.30. The average Bonchev–Trinajstić information content (AvgIpc) is 2.62. The first-order chi connectivity index (χ1) is 11.3. The molecule has 0 amide bonds. The van der Waals surface area contributed by atoms with Crippen molar-refractivity contribution in [3.63, 3.8) is 0 Å². The quantitative estimate of drug-likeness (QED) is 0.612. The molecule has 2 N–H and O–H groups in total. The smallest absolute Gasteiger partial charge is 0.240 e. The van der Waals surface area contributed by atoms with E-state index in [-0.39, 0.29) is 5.95 Å². The summed E-state index contributed by atoms with van der Waals surface area (Å²) in [5, 5.41) is 9.09. The molecule has 0 saturated carbocycles. The Bertz CT molecular complexity index is 984. The lowest BCUT2D eigenvalue weighted by atomic mass is 10.0. The Morgan fingerprint density at radius 1 is 0.826 bits per heavy atom. The molecule has 2 aromatic carbocycles. The molecule has 23 heavy (non-hydrogen) atoms. The highest BCUT2D eigenvalue weighted by atomic mass is 15.2. The van der Waals surface area contributed by atoms with E-state index in [9.17, 15) is 0 Å². The van der Waals surface area contributed by atoms with Gasteiger partial charge in [-0.15, -0.1) is 10.2 Å². The highest BCUT2D eigenvalue weighted by molar-refractivity contribution is 5.86. The summed E-state index contributed by atoms with van der Waals surface area (Å²) in [7, 11) is 0. The minimum Gasteiger partial charge on any atom is -0.366 e. The first kappa shape index (κ1) is 13.3. The fourth-order valence-corrected chi connectivity index (χ4v) is 2.46. The van der Waals surface area contributed by atoms with Gasteiger partial charge in [0.2, 0.25) is 5.95 Å². The Balaban J connectivity index is 1.94. The summed E-state index contributed by atoms with van der Waals surface area (Å²) in [6.45, 7) is 0. The minimum absolute atomic E-state index is 0.150. The molecule has 0 aliphatic rings. The van der Waals surface area contributed by atoms with Crippen LogP contribution in [-0.2, 0) is 0 Å². The third kappa shape index (κ3) is 2.46. The van der Waals surface area contributed by atoms with Crippen molar-refractivity contribution < 1.29 is 0 Å². The molecule has 2 aromatic heterocycles. The Morgan fingerprint density at radius 3 is 2.57 bits per heavy atom. The van der Waals surface area contributed by atoms with Crippen LogP contribution in [0.15, 0.2) is 61.1 Å². The summed E-state index contributed by atoms with van der Waals surface area (Å²) in [4.78, 5) is 12.7. The monoisotopic (exact) mass is 300 g/mol. The maximum Gasteiger partial charge on any atom is 0.240 e. The van der Waals surface area contributed by atoms with E-state index in [4.69, 9.17) is 5.73 Å². The predicted molar refractivity (Wildman–Crippen MR) is 88.2 cm³/mol. The molecule has 6 heteroatoms. The van der Waals surface area contributed by atoms with Crippen molar-refractivity contribution in [1.82, 2.24) is 25.1 Å². The molecule has 0 fully saturated rings. The van der Waals surface area contributed by atoms with E-state index >= 15 is 0 Å². The zero-order valence-electron chi connectivity index (χ0n) is 12.1. The number of nitrogens with two attached hydrogens (primary N) is 1. The van der Waals surface area contributed by atoms with Gasteiger partial charge < -0.3 is 5.73 Å². The minimum atomic E-state index is 0.150. The average molecular weight is 300 g/mol. The number of nitrogen functional groups attached to an aromatic ring is 1. The fraction of sp³-hybridized carbons (Fsp3) is 0. The van der Waals surface area contributed by atoms with Gasteiger partial charge in [0.25, 0.3) is 0 Å². The standard InChI is InChI=1S/C17H12N6/c18-17-21-15(11-4-2-1-3-5-11)16(22-23-17)12-6-7-14-13(8-12)9-19-10-20-14/h1-10H,(H2,18,21,23). The summed E-state index contributed by atoms with van der Waals surface area (Å²) < 4.78 is 0. The number of hydrogen-bond acceptors (Lipinski definition) is 6. The molecule has 4 aromatic rings. The highest BCUT2D eigenvalue weighted by Crippen LogP contribution is 2.29. The summed E-state index contributed by atoms with van der Waals surface area (Å²) in [5.41, 5.74) is 9.82. The Labute approximate surface area is 132 Å². The van der Waals surface area contributed by atoms with Crippen LogP contribution in [0.1, 0.15) is 0 Å². The zero-order valence-corrected chi connectivity index (χ0v) is 12.1. The van der Waals surface area contributed by atoms with Crippen LogP contribution in [0.5, 0.6) is 0 Å². The number of nitrogens with zero attached hydrogens (tertiary/aromatic N) is 5. The van der Waals surface area contributed by atoms with Crippen molar-refractivity contribution >= 4 is 16.9 Å². The molecule has 110 valence electrons. The van der Waals surface area contributed by atoms with Crippen LogP contribution in [0.2, 0.25) is 0 Å². The maximum absolute atomic E-state index is 5.73. The zero-order chi connectivity index (χ0) is 15.6. The van der Waals surface area contributed by atoms with Crippen molar-refractivity contribution in [1.29, 1.82) is 0 Å². The van der Waals surface area contributed by atoms with Crippen LogP contribution in [-0.4, -0.2) is 25.1 Å². The van der Waals surface area contributed by atoms with Crippen LogP contribution in [0.4, 0.5) is 5.95 Å². The molecular formula is C17H12N6. The SMILES string of the molecule is Nc1nnc(-c2ccc3ncncc3c2)c(-c2ccccc2)n1. The second-order valence-electron chi connectivity index (χ2n) is 5.03. The first-order valence-electron chi connectivity index (χ1n) is 7.07. The fourth-order valence-electron chi connectivity index (χ4n) is 2.46. The van der Waals surface area contributed by atoms with Crippen LogP contribution in [0.3, 0.4) is 0 Å². The number of benzene rings is 2. The molecule has 6 nitrogen and oxygen atoms in total. The van der Waals surface area contributed by atoms with Crippen LogP contribution < -0.4 is 5.73 Å². The molecule has 0 saturated heterocycles. The molecule has 0 bridgehead atoms. The van der Waals surface area contributed by atoms with E-state index in [0.29, 0.717) is 11.4 Å². The van der Waals surface area contributed by atoms with Crippen molar-refractivity contribution in [2.45, 2.75) is 0 Å². The number of aromatic nitrogens is 5. The number of fused-ring (bicyclic) bond motifs is 1. The van der Waals surface area contributed by atoms with E-state index in [1.807, 2.05) is 48.5 Å². The third-order valence-electron chi connectivity index (χ3n) is 3.53. The molecule has 0 unspecified atom stereocenters. The highest BCUT2D eigenvalue weighted by Gasteiger charge is 2.13. The lowest BCUT2D eigenvalue weighted by molar-refractivity contribution is 0.997. The number of anilines is 1. The topological polar surface area (TPSA) is 90.5 Å². The second-order valence-corrected chi connectivity index (χ2v) is 5.03. The van der Waals surface area contributed by atoms with Crippen molar-refractivity contribution in [3.8, 4) is 22.5 Å². The van der Waals surface area contributed by atoms with Gasteiger partial charge in [0.1, 0.15) is 17.7 Å². The Kier molecular flexibility index (Phi) is 3.12. The van der Waals surface area contributed by atoms with Gasteiger partial charge in [-0.1, -0.05) is 36.4 Å². The number of rotatable bonds is 2. The molecule has 0 radical (unpaired) electrons. The molecular weight excluding hydrogens is 288 g/mol. The van der Waals surface area contributed by atoms with Gasteiger partial charge in [-0.3, -0.25) is 0 Å². The molecule has 0 atom stereocenters. The van der Waals surface area contributed by atoms with Crippen molar-refractivity contribution in [2.75, 3.05) is 5.73 Å². The Hall–Kier alpha value is -3.41. The van der Waals surface area contributed by atoms with Gasteiger partial charge in [0, 0.05) is 22.7 Å². The second kappa shape index (κ2) is 5.42. The van der Waals surface area contributed by atoms with E-state index < -0.39 is 0 Å². The van der Waals surface area contributed by atoms with Gasteiger partial charge in [0.15, 0.2) is 0 Å². The molecule has 0 aliphatic heterocycles. The number of hydrogen-bond donors (Lipinski definition) is 1. The van der Waals surface area contributed by atoms with Crippen molar-refractivity contribution in [3.05, 3.63) is 61.1 Å². The van der Waals surface area contributed by atoms with E-state index in [2.05, 4.69) is 25.1 Å². The predicted octanol–water partition coefficient (Wildman–Crippen LogP) is 2.73. The van der Waals surface area contributed by atoms with E-state index in [1.165, 1.54) is 6.33 Å². The largest absolute Gasteiger partial charge is 0.366 e. The maximum atomic E-state index is 5.73. The summed E-state index contributed by atoms with van der Waals surface area (Å²) in [5.74, 6) is 0.150. The lowest BCUT2D eigenvalue weighted by Gasteiger charge is -2.08. The third-order valence-corrected chi connectivity index (χ3v) is 3.53. The van der Waals surface area contributed by atoms with Crippen LogP contribution in [0, 0.1) is 0 Å². The molecule has 2 heterocycles. The van der Waals surface area contributed by atoms with Gasteiger partial charge in [-0.2, -0.15) is 0 Å². The van der Waals surface area contributed by atoms with Crippen LogP contribution >= 0.6 is 0 Å². The van der Waals surface area contributed by atoms with Gasteiger partial charge >= 0.3 is 0 Å². The molecule has 0 aliphatic carbocycles. The van der Waals surface area contributed by atoms with E-state index in [0.717, 1.165) is 22.0 Å². The normalized spacial score (nSPS) is 10.8. The Morgan fingerprint density at radius 2 is 1.70 bits per heavy atom. The first-order valence-corrected chi connectivity index (χ1v) is 7.07. The lowest BCUT2D eigenvalue weighted by Crippen LogP contribution is -2.02. The van der Waals surface area contributed by atoms with Gasteiger partial charge in [-0.05, 0) is 12.1 Å². The van der Waals surface area contributed by atoms with Crippen molar-refractivity contribution in [2.24, 2.45) is 0 Å². The van der Waals surface area contributed by atoms with Crippen LogP contribution in [0.25, 0.3) is 33.4 Å². The molecule has 4 rings (SSSR count). The molecule has 0 spiro atoms. The summed E-state index contributed by atoms with van der Waals surface area (Å²) >= 11 is 0. The van der Waals surface area contributed by atoms with Gasteiger partial charge in [-0.25, -0.2) is 15.0 Å². The summed E-state index contributed by atoms with van der Waals surface area (Å²) in [6, 6.07) is 15.6.